The Morgan fingerprint density at radius 2 is 2.29 bits per heavy atom. The zero-order chi connectivity index (χ0) is 15.5. The normalized spacial score (nSPS) is 10.8. The Hall–Kier alpha value is -2.03. The summed E-state index contributed by atoms with van der Waals surface area (Å²) < 4.78 is 4.82. The minimum atomic E-state index is -0.412. The van der Waals surface area contributed by atoms with Gasteiger partial charge >= 0.3 is 0 Å². The Labute approximate surface area is 129 Å². The number of nitrogens with zero attached hydrogens (tertiary/aromatic N) is 1. The van der Waals surface area contributed by atoms with E-state index in [1.165, 1.54) is 6.20 Å². The molecule has 0 aliphatic rings. The lowest BCUT2D eigenvalue weighted by Gasteiger charge is -2.05. The third-order valence-corrected chi connectivity index (χ3v) is 2.89. The van der Waals surface area contributed by atoms with Gasteiger partial charge in [0.1, 0.15) is 11.6 Å². The summed E-state index contributed by atoms with van der Waals surface area (Å²) >= 11 is 5.89. The minimum Gasteiger partial charge on any atom is -0.389 e. The van der Waals surface area contributed by atoms with E-state index < -0.39 is 5.91 Å². The highest BCUT2D eigenvalue weighted by molar-refractivity contribution is 6.30. The van der Waals surface area contributed by atoms with E-state index in [1.54, 1.807) is 7.11 Å². The van der Waals surface area contributed by atoms with Crippen LogP contribution in [-0.2, 0) is 16.0 Å². The van der Waals surface area contributed by atoms with Crippen LogP contribution in [0.25, 0.3) is 0 Å². The molecule has 0 aliphatic heterocycles. The van der Waals surface area contributed by atoms with Gasteiger partial charge < -0.3 is 15.4 Å². The van der Waals surface area contributed by atoms with Crippen LogP contribution in [0.5, 0.6) is 0 Å². The van der Waals surface area contributed by atoms with Crippen molar-refractivity contribution in [2.75, 3.05) is 26.8 Å². The summed E-state index contributed by atoms with van der Waals surface area (Å²) in [6.07, 6.45) is 2.17. The number of ether oxygens (including phenoxy) is 1. The van der Waals surface area contributed by atoms with Crippen LogP contribution in [0, 0.1) is 11.3 Å². The highest BCUT2D eigenvalue weighted by Gasteiger charge is 2.07. The third-order valence-electron chi connectivity index (χ3n) is 2.65. The summed E-state index contributed by atoms with van der Waals surface area (Å²) in [6.45, 7) is 1.39. The van der Waals surface area contributed by atoms with Crippen LogP contribution in [0.3, 0.4) is 0 Å². The molecule has 1 aromatic carbocycles. The number of benzene rings is 1. The van der Waals surface area contributed by atoms with Crippen molar-refractivity contribution in [1.29, 1.82) is 5.26 Å². The van der Waals surface area contributed by atoms with E-state index in [0.29, 0.717) is 24.7 Å². The van der Waals surface area contributed by atoms with Crippen molar-refractivity contribution >= 4 is 17.5 Å². The van der Waals surface area contributed by atoms with Gasteiger partial charge in [0.25, 0.3) is 5.91 Å². The molecule has 0 saturated carbocycles. The van der Waals surface area contributed by atoms with Crippen molar-refractivity contribution in [3.8, 4) is 6.07 Å². The molecule has 112 valence electrons. The van der Waals surface area contributed by atoms with Gasteiger partial charge in [-0.2, -0.15) is 5.26 Å². The smallest absolute Gasteiger partial charge is 0.263 e. The maximum absolute atomic E-state index is 11.6. The number of carbonyl (C=O) groups is 1. The molecule has 2 N–H and O–H groups in total. The van der Waals surface area contributed by atoms with E-state index in [-0.39, 0.29) is 5.57 Å². The first kappa shape index (κ1) is 17.0. The number of rotatable bonds is 8. The maximum atomic E-state index is 11.6. The Kier molecular flexibility index (Phi) is 7.95. The Morgan fingerprint density at radius 1 is 1.48 bits per heavy atom. The number of hydrogen-bond acceptors (Lipinski definition) is 4. The average molecular weight is 308 g/mol. The highest BCUT2D eigenvalue weighted by atomic mass is 35.5. The maximum Gasteiger partial charge on any atom is 0.263 e. The summed E-state index contributed by atoms with van der Waals surface area (Å²) in [4.78, 5) is 11.6. The number of hydrogen-bond donors (Lipinski definition) is 2. The second-order valence-electron chi connectivity index (χ2n) is 4.25. The summed E-state index contributed by atoms with van der Waals surface area (Å²) in [5.74, 6) is -0.412. The zero-order valence-corrected chi connectivity index (χ0v) is 12.6. The van der Waals surface area contributed by atoms with Crippen molar-refractivity contribution in [2.45, 2.75) is 6.42 Å². The van der Waals surface area contributed by atoms with Crippen LogP contribution in [0.4, 0.5) is 0 Å². The van der Waals surface area contributed by atoms with Gasteiger partial charge in [-0.1, -0.05) is 23.7 Å². The topological polar surface area (TPSA) is 74.1 Å². The quantitative estimate of drug-likeness (QED) is 0.435. The fourth-order valence-electron chi connectivity index (χ4n) is 1.59. The molecule has 1 aromatic rings. The van der Waals surface area contributed by atoms with Gasteiger partial charge in [-0.3, -0.25) is 4.79 Å². The van der Waals surface area contributed by atoms with Crippen molar-refractivity contribution in [2.24, 2.45) is 0 Å². The first-order valence-corrected chi connectivity index (χ1v) is 6.90. The predicted octanol–water partition coefficient (Wildman–Crippen LogP) is 1.64. The van der Waals surface area contributed by atoms with E-state index >= 15 is 0 Å². The second kappa shape index (κ2) is 9.81. The largest absolute Gasteiger partial charge is 0.389 e. The summed E-state index contributed by atoms with van der Waals surface area (Å²) in [6, 6.07) is 9.42. The van der Waals surface area contributed by atoms with Gasteiger partial charge in [0.2, 0.25) is 0 Å². The van der Waals surface area contributed by atoms with E-state index in [2.05, 4.69) is 10.6 Å². The molecular formula is C15H18ClN3O2. The van der Waals surface area contributed by atoms with Crippen molar-refractivity contribution in [1.82, 2.24) is 10.6 Å². The molecule has 21 heavy (non-hydrogen) atoms. The number of halogens is 1. The molecule has 0 spiro atoms. The second-order valence-corrected chi connectivity index (χ2v) is 4.69. The Bertz CT molecular complexity index is 538. The van der Waals surface area contributed by atoms with E-state index in [0.717, 1.165) is 12.0 Å². The number of carbonyl (C=O) groups excluding carboxylic acids is 1. The fraction of sp³-hybridized carbons (Fsp3) is 0.333. The van der Waals surface area contributed by atoms with E-state index in [1.807, 2.05) is 30.3 Å². The summed E-state index contributed by atoms with van der Waals surface area (Å²) in [7, 11) is 1.55. The lowest BCUT2D eigenvalue weighted by molar-refractivity contribution is -0.117. The van der Waals surface area contributed by atoms with Gasteiger partial charge in [-0.25, -0.2) is 0 Å². The van der Waals surface area contributed by atoms with Crippen molar-refractivity contribution in [3.05, 3.63) is 46.6 Å². The molecule has 0 unspecified atom stereocenters. The van der Waals surface area contributed by atoms with Crippen LogP contribution in [0.1, 0.15) is 5.56 Å². The standard InChI is InChI=1S/C15H18ClN3O2/c1-21-8-7-19-15(20)13(10-17)11-18-6-5-12-3-2-4-14(16)9-12/h2-4,9,11,18H,5-8H2,1H3,(H,19,20)/b13-11-. The Balaban J connectivity index is 2.39. The molecule has 0 aliphatic carbocycles. The third kappa shape index (κ3) is 6.80. The van der Waals surface area contributed by atoms with Crippen LogP contribution in [0.15, 0.2) is 36.0 Å². The van der Waals surface area contributed by atoms with Gasteiger partial charge in [-0.05, 0) is 24.1 Å². The molecule has 5 nitrogen and oxygen atoms in total. The van der Waals surface area contributed by atoms with Gasteiger partial charge in [0, 0.05) is 31.4 Å². The SMILES string of the molecule is COCCNC(=O)/C(C#N)=C\NCCc1cccc(Cl)c1. The molecule has 0 bridgehead atoms. The van der Waals surface area contributed by atoms with Crippen LogP contribution in [-0.4, -0.2) is 32.7 Å². The number of nitrogens with one attached hydrogen (secondary N) is 2. The lowest BCUT2D eigenvalue weighted by Crippen LogP contribution is -2.28. The molecule has 0 radical (unpaired) electrons. The molecule has 0 aromatic heterocycles. The van der Waals surface area contributed by atoms with Crippen LogP contribution in [0.2, 0.25) is 5.02 Å². The van der Waals surface area contributed by atoms with Gasteiger partial charge in [-0.15, -0.1) is 0 Å². The zero-order valence-electron chi connectivity index (χ0n) is 11.9. The number of amides is 1. The van der Waals surface area contributed by atoms with Crippen molar-refractivity contribution < 1.29 is 9.53 Å². The van der Waals surface area contributed by atoms with E-state index in [4.69, 9.17) is 21.6 Å². The lowest BCUT2D eigenvalue weighted by atomic mass is 10.1. The summed E-state index contributed by atoms with van der Waals surface area (Å²) in [5.41, 5.74) is 1.13. The average Bonchev–Trinajstić information content (AvgIpc) is 2.47. The fourth-order valence-corrected chi connectivity index (χ4v) is 1.81. The summed E-state index contributed by atoms with van der Waals surface area (Å²) in [5, 5.41) is 15.2. The molecule has 0 atom stereocenters. The van der Waals surface area contributed by atoms with Gasteiger partial charge in [0.15, 0.2) is 0 Å². The first-order valence-electron chi connectivity index (χ1n) is 6.52. The first-order chi connectivity index (χ1) is 10.2. The van der Waals surface area contributed by atoms with Crippen LogP contribution < -0.4 is 10.6 Å². The minimum absolute atomic E-state index is 0.0391. The predicted molar refractivity (Wildman–Crippen MR) is 81.7 cm³/mol. The number of nitriles is 1. The van der Waals surface area contributed by atoms with Gasteiger partial charge in [0.05, 0.1) is 6.61 Å². The molecule has 6 heteroatoms. The van der Waals surface area contributed by atoms with E-state index in [9.17, 15) is 4.79 Å². The molecule has 1 amide bonds. The molecular weight excluding hydrogens is 290 g/mol. The molecule has 0 saturated heterocycles. The molecule has 0 heterocycles. The molecule has 0 fully saturated rings. The highest BCUT2D eigenvalue weighted by Crippen LogP contribution is 2.10. The number of methoxy groups -OCH3 is 1. The molecule has 1 rings (SSSR count). The van der Waals surface area contributed by atoms with Crippen LogP contribution >= 0.6 is 11.6 Å². The Morgan fingerprint density at radius 3 is 2.95 bits per heavy atom. The van der Waals surface area contributed by atoms with Crippen molar-refractivity contribution in [3.63, 3.8) is 0 Å². The monoisotopic (exact) mass is 307 g/mol.